The predicted molar refractivity (Wildman–Crippen MR) is 99.5 cm³/mol. The SMILES string of the molecule is CC[C@@H](NC(=S)Nc1ccc(Br)cc1F)c1ccc(OC)cc1. The lowest BCUT2D eigenvalue weighted by atomic mass is 10.0. The van der Waals surface area contributed by atoms with Crippen LogP contribution in [-0.4, -0.2) is 12.2 Å². The van der Waals surface area contributed by atoms with Crippen LogP contribution in [0.15, 0.2) is 46.9 Å². The first kappa shape index (κ1) is 17.7. The Balaban J connectivity index is 2.04. The molecule has 0 aliphatic rings. The summed E-state index contributed by atoms with van der Waals surface area (Å²) in [6, 6.07) is 12.6. The molecule has 0 bridgehead atoms. The molecule has 2 N–H and O–H groups in total. The fraction of sp³-hybridized carbons (Fsp3) is 0.235. The molecule has 2 aromatic carbocycles. The van der Waals surface area contributed by atoms with E-state index in [1.54, 1.807) is 19.2 Å². The summed E-state index contributed by atoms with van der Waals surface area (Å²) in [6.07, 6.45) is 0.844. The van der Waals surface area contributed by atoms with Gasteiger partial charge in [0.1, 0.15) is 11.6 Å². The molecular formula is C17H18BrFN2OS. The van der Waals surface area contributed by atoms with Crippen LogP contribution < -0.4 is 15.4 Å². The first-order valence-electron chi connectivity index (χ1n) is 7.20. The molecule has 1 atom stereocenters. The number of benzene rings is 2. The molecule has 0 amide bonds. The van der Waals surface area contributed by atoms with E-state index in [4.69, 9.17) is 17.0 Å². The van der Waals surface area contributed by atoms with E-state index in [9.17, 15) is 4.39 Å². The Morgan fingerprint density at radius 1 is 1.26 bits per heavy atom. The zero-order valence-corrected chi connectivity index (χ0v) is 15.3. The van der Waals surface area contributed by atoms with Crippen LogP contribution in [0.3, 0.4) is 0 Å². The van der Waals surface area contributed by atoms with Gasteiger partial charge >= 0.3 is 0 Å². The minimum atomic E-state index is -0.360. The van der Waals surface area contributed by atoms with Gasteiger partial charge in [-0.05, 0) is 54.5 Å². The van der Waals surface area contributed by atoms with Crippen molar-refractivity contribution >= 4 is 38.9 Å². The molecule has 0 unspecified atom stereocenters. The van der Waals surface area contributed by atoms with Gasteiger partial charge in [0, 0.05) is 4.47 Å². The molecule has 2 rings (SSSR count). The Bertz CT molecular complexity index is 679. The quantitative estimate of drug-likeness (QED) is 0.693. The molecule has 0 radical (unpaired) electrons. The number of rotatable bonds is 5. The topological polar surface area (TPSA) is 33.3 Å². The second kappa shape index (κ2) is 8.26. The van der Waals surface area contributed by atoms with Crippen LogP contribution in [-0.2, 0) is 0 Å². The summed E-state index contributed by atoms with van der Waals surface area (Å²) in [4.78, 5) is 0. The van der Waals surface area contributed by atoms with E-state index in [-0.39, 0.29) is 11.9 Å². The van der Waals surface area contributed by atoms with E-state index in [1.807, 2.05) is 24.3 Å². The summed E-state index contributed by atoms with van der Waals surface area (Å²) in [7, 11) is 1.64. The number of hydrogen-bond acceptors (Lipinski definition) is 2. The summed E-state index contributed by atoms with van der Waals surface area (Å²) in [5, 5.41) is 6.49. The number of ether oxygens (including phenoxy) is 1. The zero-order chi connectivity index (χ0) is 16.8. The van der Waals surface area contributed by atoms with Crippen LogP contribution in [0.2, 0.25) is 0 Å². The number of nitrogens with one attached hydrogen (secondary N) is 2. The molecule has 2 aromatic rings. The Kier molecular flexibility index (Phi) is 6.36. The molecule has 23 heavy (non-hydrogen) atoms. The van der Waals surface area contributed by atoms with Crippen molar-refractivity contribution in [2.75, 3.05) is 12.4 Å². The fourth-order valence-electron chi connectivity index (χ4n) is 2.16. The summed E-state index contributed by atoms with van der Waals surface area (Å²) in [5.41, 5.74) is 1.43. The summed E-state index contributed by atoms with van der Waals surface area (Å²) >= 11 is 8.52. The van der Waals surface area contributed by atoms with Crippen molar-refractivity contribution < 1.29 is 9.13 Å². The number of thiocarbonyl (C=S) groups is 1. The second-order valence-corrected chi connectivity index (χ2v) is 6.28. The number of methoxy groups -OCH3 is 1. The molecule has 0 aromatic heterocycles. The Morgan fingerprint density at radius 2 is 1.96 bits per heavy atom. The molecule has 0 spiro atoms. The molecule has 0 saturated carbocycles. The lowest BCUT2D eigenvalue weighted by molar-refractivity contribution is 0.414. The van der Waals surface area contributed by atoms with E-state index >= 15 is 0 Å². The average Bonchev–Trinajstić information content (AvgIpc) is 2.55. The molecule has 6 heteroatoms. The van der Waals surface area contributed by atoms with Gasteiger partial charge in [0.15, 0.2) is 5.11 Å². The van der Waals surface area contributed by atoms with Gasteiger partial charge in [-0.2, -0.15) is 0 Å². The molecule has 0 aliphatic carbocycles. The smallest absolute Gasteiger partial charge is 0.171 e. The summed E-state index contributed by atoms with van der Waals surface area (Å²) in [5.74, 6) is 0.447. The van der Waals surface area contributed by atoms with Crippen LogP contribution >= 0.6 is 28.1 Å². The van der Waals surface area contributed by atoms with Crippen LogP contribution in [0.5, 0.6) is 5.75 Å². The Labute approximate surface area is 149 Å². The van der Waals surface area contributed by atoms with Gasteiger partial charge in [-0.3, -0.25) is 0 Å². The standard InChI is InChI=1S/C17H18BrFN2OS/c1-3-15(11-4-7-13(22-2)8-5-11)20-17(23)21-16-9-6-12(18)10-14(16)19/h4-10,15H,3H2,1-2H3,(H2,20,21,23)/t15-/m1/s1. The third-order valence-electron chi connectivity index (χ3n) is 3.41. The Morgan fingerprint density at radius 3 is 2.52 bits per heavy atom. The maximum Gasteiger partial charge on any atom is 0.171 e. The first-order valence-corrected chi connectivity index (χ1v) is 8.40. The summed E-state index contributed by atoms with van der Waals surface area (Å²) in [6.45, 7) is 2.06. The maximum absolute atomic E-state index is 13.8. The summed E-state index contributed by atoms with van der Waals surface area (Å²) < 4.78 is 19.7. The van der Waals surface area contributed by atoms with Crippen molar-refractivity contribution in [2.24, 2.45) is 0 Å². The van der Waals surface area contributed by atoms with Crippen molar-refractivity contribution in [1.82, 2.24) is 5.32 Å². The minimum Gasteiger partial charge on any atom is -0.497 e. The molecule has 0 aliphatic heterocycles. The predicted octanol–water partition coefficient (Wildman–Crippen LogP) is 5.03. The monoisotopic (exact) mass is 396 g/mol. The van der Waals surface area contributed by atoms with Gasteiger partial charge in [0.2, 0.25) is 0 Å². The normalized spacial score (nSPS) is 11.7. The fourth-order valence-corrected chi connectivity index (χ4v) is 2.75. The minimum absolute atomic E-state index is 0.0411. The van der Waals surface area contributed by atoms with Gasteiger partial charge < -0.3 is 15.4 Å². The number of anilines is 1. The van der Waals surface area contributed by atoms with Gasteiger partial charge in [-0.1, -0.05) is 35.0 Å². The van der Waals surface area contributed by atoms with E-state index in [1.165, 1.54) is 6.07 Å². The highest BCUT2D eigenvalue weighted by atomic mass is 79.9. The zero-order valence-electron chi connectivity index (χ0n) is 12.9. The van der Waals surface area contributed by atoms with E-state index in [0.717, 1.165) is 17.7 Å². The molecule has 0 fully saturated rings. The van der Waals surface area contributed by atoms with Crippen molar-refractivity contribution in [3.05, 3.63) is 58.3 Å². The average molecular weight is 397 g/mol. The molecular weight excluding hydrogens is 379 g/mol. The highest BCUT2D eigenvalue weighted by molar-refractivity contribution is 9.10. The van der Waals surface area contributed by atoms with Crippen LogP contribution in [0.4, 0.5) is 10.1 Å². The lowest BCUT2D eigenvalue weighted by Gasteiger charge is -2.20. The van der Waals surface area contributed by atoms with Crippen molar-refractivity contribution in [1.29, 1.82) is 0 Å². The van der Waals surface area contributed by atoms with E-state index in [2.05, 4.69) is 33.5 Å². The van der Waals surface area contributed by atoms with Gasteiger partial charge in [0.25, 0.3) is 0 Å². The molecule has 0 saturated heterocycles. The molecule has 0 heterocycles. The van der Waals surface area contributed by atoms with Gasteiger partial charge in [-0.25, -0.2) is 4.39 Å². The van der Waals surface area contributed by atoms with E-state index < -0.39 is 0 Å². The van der Waals surface area contributed by atoms with Crippen molar-refractivity contribution in [3.8, 4) is 5.75 Å². The van der Waals surface area contributed by atoms with Gasteiger partial charge in [-0.15, -0.1) is 0 Å². The highest BCUT2D eigenvalue weighted by Gasteiger charge is 2.12. The van der Waals surface area contributed by atoms with E-state index in [0.29, 0.717) is 15.3 Å². The largest absolute Gasteiger partial charge is 0.497 e. The molecule has 122 valence electrons. The Hall–Kier alpha value is -1.66. The van der Waals surface area contributed by atoms with Crippen LogP contribution in [0.25, 0.3) is 0 Å². The number of hydrogen-bond donors (Lipinski definition) is 2. The second-order valence-electron chi connectivity index (χ2n) is 4.96. The van der Waals surface area contributed by atoms with Gasteiger partial charge in [0.05, 0.1) is 18.8 Å². The highest BCUT2D eigenvalue weighted by Crippen LogP contribution is 2.22. The number of halogens is 2. The molecule has 3 nitrogen and oxygen atoms in total. The van der Waals surface area contributed by atoms with Crippen LogP contribution in [0, 0.1) is 5.82 Å². The third-order valence-corrected chi connectivity index (χ3v) is 4.12. The lowest BCUT2D eigenvalue weighted by Crippen LogP contribution is -2.32. The van der Waals surface area contributed by atoms with Crippen molar-refractivity contribution in [2.45, 2.75) is 19.4 Å². The third kappa shape index (κ3) is 4.91. The maximum atomic E-state index is 13.8. The first-order chi connectivity index (χ1) is 11.0. The van der Waals surface area contributed by atoms with Crippen LogP contribution in [0.1, 0.15) is 24.9 Å². The van der Waals surface area contributed by atoms with Crippen molar-refractivity contribution in [3.63, 3.8) is 0 Å².